The van der Waals surface area contributed by atoms with E-state index in [2.05, 4.69) is 28.1 Å². The summed E-state index contributed by atoms with van der Waals surface area (Å²) in [6, 6.07) is 13.6. The largest absolute Gasteiger partial charge is 0.395 e. The highest BCUT2D eigenvalue weighted by atomic mass is 16.3. The molecule has 1 heterocycles. The van der Waals surface area contributed by atoms with Crippen molar-refractivity contribution in [1.82, 2.24) is 0 Å². The summed E-state index contributed by atoms with van der Waals surface area (Å²) < 4.78 is 0. The number of fused-ring (bicyclic) bond motifs is 1. The maximum absolute atomic E-state index is 12.4. The average molecular weight is 364 g/mol. The Hall–Kier alpha value is -2.99. The van der Waals surface area contributed by atoms with Crippen LogP contribution in [-0.4, -0.2) is 49.7 Å². The van der Waals surface area contributed by atoms with Crippen LogP contribution in [0, 0.1) is 6.92 Å². The van der Waals surface area contributed by atoms with Gasteiger partial charge in [0.1, 0.15) is 0 Å². The van der Waals surface area contributed by atoms with Gasteiger partial charge in [-0.05, 0) is 43.2 Å². The van der Waals surface area contributed by atoms with Gasteiger partial charge in [-0.2, -0.15) is 5.10 Å². The van der Waals surface area contributed by atoms with Crippen LogP contribution >= 0.6 is 0 Å². The molecule has 1 aliphatic rings. The van der Waals surface area contributed by atoms with Gasteiger partial charge in [0.05, 0.1) is 18.5 Å². The van der Waals surface area contributed by atoms with Crippen molar-refractivity contribution in [2.45, 2.75) is 13.8 Å². The first-order valence-electron chi connectivity index (χ1n) is 9.01. The van der Waals surface area contributed by atoms with E-state index >= 15 is 0 Å². The Morgan fingerprint density at radius 3 is 2.70 bits per heavy atom. The third kappa shape index (κ3) is 3.75. The van der Waals surface area contributed by atoms with Gasteiger partial charge in [-0.1, -0.05) is 24.3 Å². The Bertz CT molecular complexity index is 905. The molecule has 3 rings (SSSR count). The van der Waals surface area contributed by atoms with Crippen molar-refractivity contribution in [3.05, 3.63) is 59.2 Å². The topological polar surface area (TPSA) is 68.5 Å². The van der Waals surface area contributed by atoms with Crippen molar-refractivity contribution in [3.63, 3.8) is 0 Å². The number of hydrogen-bond acceptors (Lipinski definition) is 5. The second kappa shape index (κ2) is 8.14. The van der Waals surface area contributed by atoms with Gasteiger partial charge in [-0.3, -0.25) is 4.79 Å². The van der Waals surface area contributed by atoms with Crippen LogP contribution in [0.15, 0.2) is 52.7 Å². The van der Waals surface area contributed by atoms with Crippen molar-refractivity contribution in [2.75, 3.05) is 36.5 Å². The zero-order valence-corrected chi connectivity index (χ0v) is 15.9. The predicted octanol–water partition coefficient (Wildman–Crippen LogP) is 2.61. The number of aliphatic hydroxyl groups excluding tert-OH is 1. The first-order valence-corrected chi connectivity index (χ1v) is 9.01. The molecule has 2 aromatic carbocycles. The van der Waals surface area contributed by atoms with Crippen LogP contribution in [0.4, 0.5) is 11.4 Å². The summed E-state index contributed by atoms with van der Waals surface area (Å²) in [4.78, 5) is 16.1. The van der Waals surface area contributed by atoms with Crippen LogP contribution < -0.4 is 9.80 Å². The van der Waals surface area contributed by atoms with Gasteiger partial charge in [0, 0.05) is 31.4 Å². The fourth-order valence-corrected chi connectivity index (χ4v) is 3.19. The van der Waals surface area contributed by atoms with Crippen LogP contribution in [0.25, 0.3) is 0 Å². The molecule has 0 unspecified atom stereocenters. The van der Waals surface area contributed by atoms with Crippen LogP contribution in [-0.2, 0) is 4.79 Å². The fourth-order valence-electron chi connectivity index (χ4n) is 3.19. The van der Waals surface area contributed by atoms with Crippen molar-refractivity contribution >= 4 is 29.2 Å². The van der Waals surface area contributed by atoms with E-state index in [0.717, 1.165) is 34.6 Å². The number of carbonyl (C=O) groups is 1. The number of benzene rings is 2. The molecule has 0 spiro atoms. The third-order valence-corrected chi connectivity index (χ3v) is 4.75. The zero-order chi connectivity index (χ0) is 19.4. The second-order valence-corrected chi connectivity index (χ2v) is 6.42. The lowest BCUT2D eigenvalue weighted by molar-refractivity contribution is -0.111. The van der Waals surface area contributed by atoms with E-state index in [1.807, 2.05) is 43.3 Å². The Kier molecular flexibility index (Phi) is 5.66. The number of nitrogens with zero attached hydrogens (tertiary/aromatic N) is 4. The summed E-state index contributed by atoms with van der Waals surface area (Å²) in [5.74, 6) is -0.150. The molecule has 0 bridgehead atoms. The van der Waals surface area contributed by atoms with Gasteiger partial charge in [-0.15, -0.1) is 5.10 Å². The van der Waals surface area contributed by atoms with E-state index in [1.165, 1.54) is 0 Å². The Balaban J connectivity index is 1.83. The molecular weight excluding hydrogens is 340 g/mol. The summed E-state index contributed by atoms with van der Waals surface area (Å²) in [5.41, 5.74) is 5.07. The lowest BCUT2D eigenvalue weighted by atomic mass is 10.1. The lowest BCUT2D eigenvalue weighted by Crippen LogP contribution is -2.26. The molecule has 0 aromatic heterocycles. The smallest absolute Gasteiger partial charge is 0.279 e. The highest BCUT2D eigenvalue weighted by Gasteiger charge is 2.30. The molecule has 1 aliphatic heterocycles. The highest BCUT2D eigenvalue weighted by Crippen LogP contribution is 2.27. The predicted molar refractivity (Wildman–Crippen MR) is 110 cm³/mol. The third-order valence-electron chi connectivity index (χ3n) is 4.75. The van der Waals surface area contributed by atoms with Crippen LogP contribution in [0.2, 0.25) is 0 Å². The molecule has 1 N–H and O–H groups in total. The molecule has 0 aliphatic carbocycles. The second-order valence-electron chi connectivity index (χ2n) is 6.42. The normalized spacial score (nSPS) is 15.0. The van der Waals surface area contributed by atoms with Gasteiger partial charge < -0.3 is 14.9 Å². The summed E-state index contributed by atoms with van der Waals surface area (Å²) in [7, 11) is 1.74. The summed E-state index contributed by atoms with van der Waals surface area (Å²) in [6.45, 7) is 5.62. The average Bonchev–Trinajstić information content (AvgIpc) is 2.92. The summed E-state index contributed by atoms with van der Waals surface area (Å²) >= 11 is 0. The van der Waals surface area contributed by atoms with Crippen molar-refractivity contribution in [1.29, 1.82) is 0 Å². The number of aryl methyl sites for hydroxylation is 1. The maximum Gasteiger partial charge on any atom is 0.279 e. The van der Waals surface area contributed by atoms with Crippen LogP contribution in [0.1, 0.15) is 23.6 Å². The Morgan fingerprint density at radius 2 is 2.00 bits per heavy atom. The summed E-state index contributed by atoms with van der Waals surface area (Å²) in [5, 5.41) is 17.5. The number of rotatable bonds is 6. The number of para-hydroxylation sites is 1. The minimum Gasteiger partial charge on any atom is -0.395 e. The van der Waals surface area contributed by atoms with Crippen LogP contribution in [0.5, 0.6) is 0 Å². The Morgan fingerprint density at radius 1 is 1.22 bits per heavy atom. The molecule has 27 heavy (non-hydrogen) atoms. The standard InChI is InChI=1S/C21H24N4O2/c1-4-25(11-12-26)17-10-9-16(15(2)13-17)14-22-23-20-18-7-5-6-8-19(18)24(3)21(20)27/h5-10,13-14,26H,4,11-12H2,1-3H3/b22-14-,23-20-. The van der Waals surface area contributed by atoms with Gasteiger partial charge >= 0.3 is 0 Å². The van der Waals surface area contributed by atoms with Gasteiger partial charge in [0.15, 0.2) is 5.71 Å². The van der Waals surface area contributed by atoms with Gasteiger partial charge in [0.25, 0.3) is 5.91 Å². The van der Waals surface area contributed by atoms with E-state index in [-0.39, 0.29) is 12.5 Å². The van der Waals surface area contributed by atoms with Crippen molar-refractivity contribution in [2.24, 2.45) is 10.2 Å². The highest BCUT2D eigenvalue weighted by molar-refractivity contribution is 6.54. The quantitative estimate of drug-likeness (QED) is 0.633. The molecule has 140 valence electrons. The monoisotopic (exact) mass is 364 g/mol. The fraction of sp³-hybridized carbons (Fsp3) is 0.286. The van der Waals surface area contributed by atoms with Gasteiger partial charge in [0.2, 0.25) is 0 Å². The Labute approximate surface area is 159 Å². The maximum atomic E-state index is 12.4. The molecule has 6 heteroatoms. The molecule has 0 saturated carbocycles. The van der Waals surface area contributed by atoms with E-state index in [1.54, 1.807) is 18.2 Å². The molecule has 1 amide bonds. The SMILES string of the molecule is CCN(CCO)c1ccc(/C=N\N=C2/C(=O)N(C)c3ccccc32)c(C)c1. The number of carbonyl (C=O) groups excluding carboxylic acids is 1. The number of likely N-dealkylation sites (N-methyl/N-ethyl adjacent to an activating group) is 2. The van der Waals surface area contributed by atoms with E-state index in [0.29, 0.717) is 12.3 Å². The number of hydrogen-bond donors (Lipinski definition) is 1. The molecule has 2 aromatic rings. The first kappa shape index (κ1) is 18.8. The molecule has 0 fully saturated rings. The minimum absolute atomic E-state index is 0.123. The molecule has 0 radical (unpaired) electrons. The number of amides is 1. The van der Waals surface area contributed by atoms with Gasteiger partial charge in [-0.25, -0.2) is 0 Å². The van der Waals surface area contributed by atoms with Crippen LogP contribution in [0.3, 0.4) is 0 Å². The molecule has 0 atom stereocenters. The molecule has 0 saturated heterocycles. The lowest BCUT2D eigenvalue weighted by Gasteiger charge is -2.22. The number of anilines is 2. The van der Waals surface area contributed by atoms with E-state index in [9.17, 15) is 9.90 Å². The summed E-state index contributed by atoms with van der Waals surface area (Å²) in [6.07, 6.45) is 1.67. The van der Waals surface area contributed by atoms with E-state index < -0.39 is 0 Å². The van der Waals surface area contributed by atoms with E-state index in [4.69, 9.17) is 0 Å². The first-order chi connectivity index (χ1) is 13.1. The zero-order valence-electron chi connectivity index (χ0n) is 15.9. The minimum atomic E-state index is -0.150. The molecular formula is C21H24N4O2. The van der Waals surface area contributed by atoms with Crippen molar-refractivity contribution in [3.8, 4) is 0 Å². The van der Waals surface area contributed by atoms with Crippen molar-refractivity contribution < 1.29 is 9.90 Å². The molecule has 6 nitrogen and oxygen atoms in total. The number of aliphatic hydroxyl groups is 1.